The van der Waals surface area contributed by atoms with Gasteiger partial charge in [-0.05, 0) is 35.7 Å². The van der Waals surface area contributed by atoms with Crippen LogP contribution in [0.5, 0.6) is 0 Å². The standard InChI is InChI=1S/C28H22N2O/c1-19-11-10-18-29-27(19)22-16-9-17-23-26(22)24(20-12-5-3-6-13-20)25(28(31)30(23)2)21-14-7-4-8-15-21/h3-18H,1-2H3. The molecule has 3 aromatic carbocycles. The van der Waals surface area contributed by atoms with Crippen molar-refractivity contribution in [2.75, 3.05) is 0 Å². The van der Waals surface area contributed by atoms with Crippen molar-refractivity contribution >= 4 is 10.9 Å². The number of benzene rings is 3. The fraction of sp³-hybridized carbons (Fsp3) is 0.0714. The molecule has 0 saturated heterocycles. The molecule has 0 N–H and O–H groups in total. The third kappa shape index (κ3) is 3.15. The molecule has 2 aromatic heterocycles. The first kappa shape index (κ1) is 19.0. The molecule has 0 spiro atoms. The Morgan fingerprint density at radius 1 is 0.710 bits per heavy atom. The molecule has 0 bridgehead atoms. The fourth-order valence-corrected chi connectivity index (χ4v) is 4.32. The van der Waals surface area contributed by atoms with Gasteiger partial charge in [0.15, 0.2) is 0 Å². The molecule has 0 unspecified atom stereocenters. The van der Waals surface area contributed by atoms with E-state index < -0.39 is 0 Å². The van der Waals surface area contributed by atoms with Crippen LogP contribution in [-0.4, -0.2) is 9.55 Å². The molecule has 5 aromatic rings. The molecular weight excluding hydrogens is 380 g/mol. The number of nitrogens with zero attached hydrogens (tertiary/aromatic N) is 2. The number of fused-ring (bicyclic) bond motifs is 1. The first-order valence-corrected chi connectivity index (χ1v) is 10.4. The summed E-state index contributed by atoms with van der Waals surface area (Å²) in [6.45, 7) is 2.07. The van der Waals surface area contributed by atoms with E-state index in [0.29, 0.717) is 5.56 Å². The zero-order chi connectivity index (χ0) is 21.4. The van der Waals surface area contributed by atoms with Gasteiger partial charge in [-0.1, -0.05) is 78.9 Å². The van der Waals surface area contributed by atoms with E-state index in [4.69, 9.17) is 4.98 Å². The van der Waals surface area contributed by atoms with Crippen LogP contribution >= 0.6 is 0 Å². The van der Waals surface area contributed by atoms with Crippen molar-refractivity contribution in [2.45, 2.75) is 6.92 Å². The largest absolute Gasteiger partial charge is 0.311 e. The van der Waals surface area contributed by atoms with Crippen LogP contribution in [0.2, 0.25) is 0 Å². The molecule has 3 nitrogen and oxygen atoms in total. The van der Waals surface area contributed by atoms with Crippen LogP contribution in [0, 0.1) is 6.92 Å². The molecule has 0 atom stereocenters. The van der Waals surface area contributed by atoms with Gasteiger partial charge in [0.05, 0.1) is 16.8 Å². The maximum atomic E-state index is 13.6. The Hall–Kier alpha value is -3.98. The highest BCUT2D eigenvalue weighted by Gasteiger charge is 2.21. The summed E-state index contributed by atoms with van der Waals surface area (Å²) in [6.07, 6.45) is 1.82. The minimum absolute atomic E-state index is 0.00699. The predicted octanol–water partition coefficient (Wildman–Crippen LogP) is 6.24. The van der Waals surface area contributed by atoms with E-state index in [-0.39, 0.29) is 5.56 Å². The van der Waals surface area contributed by atoms with Gasteiger partial charge in [-0.25, -0.2) is 0 Å². The fourth-order valence-electron chi connectivity index (χ4n) is 4.32. The number of pyridine rings is 2. The van der Waals surface area contributed by atoms with Crippen LogP contribution in [-0.2, 0) is 7.05 Å². The number of aryl methyl sites for hydroxylation is 2. The number of aromatic nitrogens is 2. The average Bonchev–Trinajstić information content (AvgIpc) is 2.82. The predicted molar refractivity (Wildman–Crippen MR) is 128 cm³/mol. The van der Waals surface area contributed by atoms with Crippen LogP contribution in [0.1, 0.15) is 5.56 Å². The lowest BCUT2D eigenvalue weighted by molar-refractivity contribution is 0.909. The Balaban J connectivity index is 2.04. The van der Waals surface area contributed by atoms with Crippen LogP contribution in [0.25, 0.3) is 44.4 Å². The summed E-state index contributed by atoms with van der Waals surface area (Å²) in [5, 5.41) is 1.04. The van der Waals surface area contributed by atoms with Crippen molar-refractivity contribution < 1.29 is 0 Å². The van der Waals surface area contributed by atoms with Gasteiger partial charge >= 0.3 is 0 Å². The summed E-state index contributed by atoms with van der Waals surface area (Å²) in [5.41, 5.74) is 7.54. The smallest absolute Gasteiger partial charge is 0.259 e. The van der Waals surface area contributed by atoms with Crippen LogP contribution < -0.4 is 5.56 Å². The average molecular weight is 402 g/mol. The lowest BCUT2D eigenvalue weighted by Gasteiger charge is -2.19. The van der Waals surface area contributed by atoms with E-state index in [0.717, 1.165) is 44.4 Å². The van der Waals surface area contributed by atoms with Crippen molar-refractivity contribution in [1.29, 1.82) is 0 Å². The number of hydrogen-bond donors (Lipinski definition) is 0. The van der Waals surface area contributed by atoms with E-state index in [9.17, 15) is 4.79 Å². The number of rotatable bonds is 3. The maximum absolute atomic E-state index is 13.6. The van der Waals surface area contributed by atoms with E-state index in [1.165, 1.54) is 0 Å². The van der Waals surface area contributed by atoms with Gasteiger partial charge < -0.3 is 4.57 Å². The number of hydrogen-bond acceptors (Lipinski definition) is 2. The third-order valence-electron chi connectivity index (χ3n) is 5.81. The second-order valence-corrected chi connectivity index (χ2v) is 7.71. The first-order chi connectivity index (χ1) is 15.2. The zero-order valence-electron chi connectivity index (χ0n) is 17.5. The van der Waals surface area contributed by atoms with Crippen molar-refractivity contribution in [3.8, 4) is 33.5 Å². The minimum atomic E-state index is -0.00699. The topological polar surface area (TPSA) is 34.9 Å². The van der Waals surface area contributed by atoms with Gasteiger partial charge in [0.1, 0.15) is 0 Å². The highest BCUT2D eigenvalue weighted by Crippen LogP contribution is 2.40. The van der Waals surface area contributed by atoms with Crippen molar-refractivity contribution in [1.82, 2.24) is 9.55 Å². The summed E-state index contributed by atoms with van der Waals surface area (Å²) < 4.78 is 1.76. The van der Waals surface area contributed by atoms with Gasteiger partial charge in [-0.3, -0.25) is 9.78 Å². The van der Waals surface area contributed by atoms with Gasteiger partial charge in [-0.15, -0.1) is 0 Å². The summed E-state index contributed by atoms with van der Waals surface area (Å²) >= 11 is 0. The van der Waals surface area contributed by atoms with E-state index >= 15 is 0 Å². The Morgan fingerprint density at radius 2 is 1.35 bits per heavy atom. The molecule has 3 heteroatoms. The molecular formula is C28H22N2O. The lowest BCUT2D eigenvalue weighted by Crippen LogP contribution is -2.20. The molecule has 0 aliphatic carbocycles. The van der Waals surface area contributed by atoms with Gasteiger partial charge in [0.25, 0.3) is 5.56 Å². The molecule has 150 valence electrons. The molecule has 0 radical (unpaired) electrons. The Labute approximate surface area is 181 Å². The molecule has 0 fully saturated rings. The van der Waals surface area contributed by atoms with E-state index in [1.54, 1.807) is 4.57 Å². The molecule has 31 heavy (non-hydrogen) atoms. The Morgan fingerprint density at radius 3 is 2.00 bits per heavy atom. The van der Waals surface area contributed by atoms with Crippen LogP contribution in [0.15, 0.2) is 102 Å². The van der Waals surface area contributed by atoms with Crippen molar-refractivity contribution in [3.63, 3.8) is 0 Å². The normalized spacial score (nSPS) is 11.0. The molecule has 0 saturated carbocycles. The van der Waals surface area contributed by atoms with Gasteiger partial charge in [0.2, 0.25) is 0 Å². The maximum Gasteiger partial charge on any atom is 0.259 e. The quantitative estimate of drug-likeness (QED) is 0.358. The minimum Gasteiger partial charge on any atom is -0.311 e. The molecule has 2 heterocycles. The van der Waals surface area contributed by atoms with Crippen molar-refractivity contribution in [3.05, 3.63) is 113 Å². The lowest BCUT2D eigenvalue weighted by atomic mass is 9.88. The first-order valence-electron chi connectivity index (χ1n) is 10.4. The highest BCUT2D eigenvalue weighted by atomic mass is 16.1. The molecule has 0 aliphatic rings. The monoisotopic (exact) mass is 402 g/mol. The summed E-state index contributed by atoms with van der Waals surface area (Å²) in [6, 6.07) is 30.2. The summed E-state index contributed by atoms with van der Waals surface area (Å²) in [7, 11) is 1.85. The molecule has 5 rings (SSSR count). The van der Waals surface area contributed by atoms with Crippen LogP contribution in [0.3, 0.4) is 0 Å². The third-order valence-corrected chi connectivity index (χ3v) is 5.81. The summed E-state index contributed by atoms with van der Waals surface area (Å²) in [5.74, 6) is 0. The molecule has 0 aliphatic heterocycles. The van der Waals surface area contributed by atoms with Crippen LogP contribution in [0.4, 0.5) is 0 Å². The van der Waals surface area contributed by atoms with Crippen molar-refractivity contribution in [2.24, 2.45) is 7.05 Å². The Kier molecular flexibility index (Phi) is 4.72. The highest BCUT2D eigenvalue weighted by molar-refractivity contribution is 6.09. The van der Waals surface area contributed by atoms with Gasteiger partial charge in [-0.2, -0.15) is 0 Å². The zero-order valence-corrected chi connectivity index (χ0v) is 17.5. The van der Waals surface area contributed by atoms with E-state index in [1.807, 2.05) is 80.0 Å². The summed E-state index contributed by atoms with van der Waals surface area (Å²) in [4.78, 5) is 18.3. The molecule has 0 amide bonds. The van der Waals surface area contributed by atoms with Gasteiger partial charge in [0, 0.05) is 29.8 Å². The SMILES string of the molecule is Cc1cccnc1-c1cccc2c1c(-c1ccccc1)c(-c1ccccc1)c(=O)n2C. The second kappa shape index (κ2) is 7.69. The van der Waals surface area contributed by atoms with E-state index in [2.05, 4.69) is 31.2 Å². The second-order valence-electron chi connectivity index (χ2n) is 7.71. The Bertz CT molecular complexity index is 1450.